The average Bonchev–Trinajstić information content (AvgIpc) is 2.09. The van der Waals surface area contributed by atoms with Crippen molar-refractivity contribution in [3.05, 3.63) is 1.93 Å². The van der Waals surface area contributed by atoms with Gasteiger partial charge in [0, 0.05) is 0 Å². The minimum Gasteiger partial charge on any atom is -0.0715 e. The van der Waals surface area contributed by atoms with Gasteiger partial charge >= 0.3 is 0 Å². The quantitative estimate of drug-likeness (QED) is 0.190. The van der Waals surface area contributed by atoms with Crippen molar-refractivity contribution in [2.24, 2.45) is 0 Å². The Bertz CT molecular complexity index is 303. The molecule has 0 N–H and O–H groups in total. The summed E-state index contributed by atoms with van der Waals surface area (Å²) in [6.07, 6.45) is 0. The van der Waals surface area contributed by atoms with Crippen molar-refractivity contribution in [3.8, 4) is 0 Å². The Kier molecular flexibility index (Phi) is 16.0. The van der Waals surface area contributed by atoms with E-state index in [-0.39, 0.29) is 5.15 Å². The summed E-state index contributed by atoms with van der Waals surface area (Å²) in [5, 5.41) is 0. The van der Waals surface area contributed by atoms with Crippen molar-refractivity contribution in [2.45, 2.75) is 5.15 Å². The van der Waals surface area contributed by atoms with E-state index in [1.165, 1.54) is 1.93 Å². The van der Waals surface area contributed by atoms with Crippen LogP contribution in [0, 0.1) is 1.93 Å². The molecular weight excluding hydrogens is 1720 g/mol. The summed E-state index contributed by atoms with van der Waals surface area (Å²) in [6, 6.07) is 0. The summed E-state index contributed by atoms with van der Waals surface area (Å²) in [4.78, 5) is 0. The number of rotatable bonds is 5. The Labute approximate surface area is 291 Å². The Balaban J connectivity index is 6.45. The third-order valence-electron chi connectivity index (χ3n) is 1.91. The molecule has 0 bridgehead atoms. The van der Waals surface area contributed by atoms with Crippen LogP contribution in [0.25, 0.3) is 0 Å². The summed E-state index contributed by atoms with van der Waals surface area (Å²) in [5.41, 5.74) is 0. The van der Waals surface area contributed by atoms with E-state index >= 15 is 0 Å². The molecule has 0 aromatic carbocycles. The third-order valence-corrected chi connectivity index (χ3v) is 27.8. The Morgan fingerprint density at radius 3 is 0.789 bits per heavy atom. The van der Waals surface area contributed by atoms with Gasteiger partial charge in [0.2, 0.25) is 0 Å². The minimum absolute atomic E-state index is 0.0221. The van der Waals surface area contributed by atoms with E-state index < -0.39 is 0 Å². The molecule has 0 heterocycles. The minimum atomic E-state index is 0.0221. The van der Waals surface area contributed by atoms with Gasteiger partial charge in [-0.1, -0.05) is 294 Å². The molecule has 0 spiro atoms. The van der Waals surface area contributed by atoms with Crippen molar-refractivity contribution in [3.63, 3.8) is 0 Å². The van der Waals surface area contributed by atoms with Crippen LogP contribution in [0.5, 0.6) is 0 Å². The number of alkyl halides is 11. The highest BCUT2D eigenvalue weighted by Crippen LogP contribution is 2.77. The maximum absolute atomic E-state index is 2.71. The molecule has 0 fully saturated rings. The summed E-state index contributed by atoms with van der Waals surface area (Å²) < 4.78 is 1.73. The zero-order valence-electron chi connectivity index (χ0n) is 7.91. The first-order valence-corrected chi connectivity index (χ1v) is 17.7. The van der Waals surface area contributed by atoms with Crippen LogP contribution in [0.1, 0.15) is 0 Å². The molecule has 115 valence electrons. The summed E-state index contributed by atoms with van der Waals surface area (Å²) >= 11 is 33.8. The van der Waals surface area contributed by atoms with Crippen LogP contribution in [0.4, 0.5) is 0 Å². The van der Waals surface area contributed by atoms with Gasteiger partial charge < -0.3 is 0 Å². The molecule has 0 aliphatic rings. The fourth-order valence-electron chi connectivity index (χ4n) is 0.984. The lowest BCUT2D eigenvalue weighted by Crippen LogP contribution is -2.65. The van der Waals surface area contributed by atoms with Gasteiger partial charge in [0.15, 0.2) is 0 Å². The Hall–Kier alpha value is 9.49. The number of halogens is 13. The predicted molar refractivity (Wildman–Crippen MR) is 199 cm³/mol. The molecule has 0 saturated heterocycles. The van der Waals surface area contributed by atoms with Crippen molar-refractivity contribution in [1.29, 1.82) is 0 Å². The number of hydrogen-bond donors (Lipinski definition) is 0. The molecule has 1 atom stereocenters. The topological polar surface area (TPSA) is 0 Å². The van der Waals surface area contributed by atoms with Gasteiger partial charge in [0.25, 0.3) is 0 Å². The third kappa shape index (κ3) is 6.74. The van der Waals surface area contributed by atoms with Crippen LogP contribution in [0.2, 0.25) is 0 Å². The van der Waals surface area contributed by atoms with Crippen LogP contribution in [-0.2, 0) is 0 Å². The van der Waals surface area contributed by atoms with Gasteiger partial charge in [-0.25, -0.2) is 0 Å². The second kappa shape index (κ2) is 10.7. The van der Waals surface area contributed by atoms with E-state index in [0.29, 0.717) is 0 Å². The van der Waals surface area contributed by atoms with E-state index in [2.05, 4.69) is 294 Å². The van der Waals surface area contributed by atoms with Crippen LogP contribution in [0.15, 0.2) is 0 Å². The Morgan fingerprint density at radius 2 is 0.737 bits per heavy atom. The van der Waals surface area contributed by atoms with E-state index in [1.807, 2.05) is 0 Å². The maximum Gasteiger partial charge on any atom is 0.143 e. The molecule has 0 rings (SSSR count). The molecular formula is C6I13. The molecule has 0 aromatic heterocycles. The second-order valence-corrected chi connectivity index (χ2v) is 43.7. The van der Waals surface area contributed by atoms with Crippen molar-refractivity contribution in [2.75, 3.05) is 0 Å². The van der Waals surface area contributed by atoms with Crippen LogP contribution in [-0.4, -0.2) is 5.15 Å². The van der Waals surface area contributed by atoms with Gasteiger partial charge in [-0.15, -0.1) is 0 Å². The van der Waals surface area contributed by atoms with E-state index in [1.54, 1.807) is 0 Å². The van der Waals surface area contributed by atoms with Crippen LogP contribution >= 0.6 is 294 Å². The highest BCUT2D eigenvalue weighted by Gasteiger charge is 2.74. The standard InChI is InChI=1S/C6I13/c7-1(8)2(9,4(11,12)13)3(10,5(14,15)16)6(17,18)19. The summed E-state index contributed by atoms with van der Waals surface area (Å²) in [5.74, 6) is 0. The Morgan fingerprint density at radius 1 is 0.474 bits per heavy atom. The first-order valence-electron chi connectivity index (χ1n) is 3.71. The van der Waals surface area contributed by atoms with Gasteiger partial charge in [-0.3, -0.25) is 0 Å². The first-order chi connectivity index (χ1) is 7.94. The summed E-state index contributed by atoms with van der Waals surface area (Å²) in [6.45, 7) is 0. The zero-order valence-corrected chi connectivity index (χ0v) is 36.0. The molecule has 1 radical (unpaired) electrons. The monoisotopic (exact) mass is 1720 g/mol. The molecule has 0 aliphatic carbocycles. The molecule has 0 aliphatic heterocycles. The first kappa shape index (κ1) is 28.5. The van der Waals surface area contributed by atoms with Crippen molar-refractivity contribution in [1.82, 2.24) is 0 Å². The lowest BCUT2D eigenvalue weighted by molar-refractivity contribution is 0.646. The van der Waals surface area contributed by atoms with Crippen LogP contribution in [0.3, 0.4) is 0 Å². The summed E-state index contributed by atoms with van der Waals surface area (Å²) in [7, 11) is 0. The average molecular weight is 1720 g/mol. The van der Waals surface area contributed by atoms with Gasteiger partial charge in [-0.05, 0) is 0 Å². The smallest absolute Gasteiger partial charge is 0.0715 e. The van der Waals surface area contributed by atoms with Gasteiger partial charge in [-0.2, -0.15) is 0 Å². The van der Waals surface area contributed by atoms with Gasteiger partial charge in [0.05, 0.1) is 0 Å². The number of hydrogen-bond acceptors (Lipinski definition) is 0. The lowest BCUT2D eigenvalue weighted by atomic mass is 10.00. The largest absolute Gasteiger partial charge is 0.143 e. The SMILES string of the molecule is I[C](I)C(I)(C(I)(I)I)C(I)(C(I)(I)I)C(I)(I)I. The lowest BCUT2D eigenvalue weighted by Gasteiger charge is -2.56. The molecule has 1 unspecified atom stereocenters. The molecule has 0 aromatic rings. The van der Waals surface area contributed by atoms with Gasteiger partial charge in [0.1, 0.15) is 7.08 Å². The zero-order chi connectivity index (χ0) is 16.1. The van der Waals surface area contributed by atoms with E-state index in [0.717, 1.165) is 0 Å². The fourth-order valence-corrected chi connectivity index (χ4v) is 24.4. The normalized spacial score (nSPS) is 18.6. The highest BCUT2D eigenvalue weighted by atomic mass is 127. The molecule has 19 heavy (non-hydrogen) atoms. The second-order valence-electron chi connectivity index (χ2n) is 3.07. The molecule has 13 heteroatoms. The van der Waals surface area contributed by atoms with Crippen LogP contribution < -0.4 is 0 Å². The van der Waals surface area contributed by atoms with E-state index in [4.69, 9.17) is 0 Å². The molecule has 0 amide bonds. The van der Waals surface area contributed by atoms with E-state index in [9.17, 15) is 0 Å². The van der Waals surface area contributed by atoms with Crippen molar-refractivity contribution >= 4 is 294 Å². The molecule has 0 saturated carbocycles. The molecule has 0 nitrogen and oxygen atoms in total. The van der Waals surface area contributed by atoms with Crippen molar-refractivity contribution < 1.29 is 0 Å². The predicted octanol–water partition coefficient (Wildman–Crippen LogP) is 10.6. The highest BCUT2D eigenvalue weighted by molar-refractivity contribution is 14.3. The fraction of sp³-hybridized carbons (Fsp3) is 0.833. The maximum atomic E-state index is 2.71.